The molecule has 6 heteroatoms. The summed E-state index contributed by atoms with van der Waals surface area (Å²) in [6, 6.07) is 7.51. The summed E-state index contributed by atoms with van der Waals surface area (Å²) in [5, 5.41) is 10.9. The molecule has 3 rings (SSSR count). The Morgan fingerprint density at radius 3 is 3.10 bits per heavy atom. The molecule has 0 unspecified atom stereocenters. The molecule has 110 valence electrons. The lowest BCUT2D eigenvalue weighted by Gasteiger charge is -2.31. The van der Waals surface area contributed by atoms with Gasteiger partial charge in [-0.1, -0.05) is 0 Å². The number of amides is 1. The van der Waals surface area contributed by atoms with Crippen molar-refractivity contribution < 1.29 is 14.6 Å². The third-order valence-electron chi connectivity index (χ3n) is 3.72. The number of nitrogen functional groups attached to an aromatic ring is 1. The fourth-order valence-corrected chi connectivity index (χ4v) is 2.65. The highest BCUT2D eigenvalue weighted by Gasteiger charge is 2.24. The van der Waals surface area contributed by atoms with E-state index in [1.54, 1.807) is 6.20 Å². The van der Waals surface area contributed by atoms with Gasteiger partial charge in [-0.05, 0) is 42.5 Å². The van der Waals surface area contributed by atoms with Crippen LogP contribution >= 0.6 is 0 Å². The van der Waals surface area contributed by atoms with Crippen LogP contribution in [0.15, 0.2) is 30.5 Å². The van der Waals surface area contributed by atoms with E-state index in [-0.39, 0.29) is 6.10 Å². The molecule has 3 N–H and O–H groups in total. The fraction of sp³-hybridized carbons (Fsp3) is 0.333. The second-order valence-corrected chi connectivity index (χ2v) is 5.19. The summed E-state index contributed by atoms with van der Waals surface area (Å²) in [5.41, 5.74) is 5.82. The molecule has 6 nitrogen and oxygen atoms in total. The summed E-state index contributed by atoms with van der Waals surface area (Å²) in [5.74, 6) is 1.22. The lowest BCUT2D eigenvalue weighted by Crippen LogP contribution is -2.43. The van der Waals surface area contributed by atoms with Crippen molar-refractivity contribution in [3.63, 3.8) is 0 Å². The number of nitrogens with zero attached hydrogens (tertiary/aromatic N) is 2. The van der Waals surface area contributed by atoms with Crippen molar-refractivity contribution in [1.29, 1.82) is 0 Å². The SMILES string of the molecule is Nc1nccc2cc(O[C@H]3CCCN(C(=O)O)C3)ccc12. The Labute approximate surface area is 122 Å². The molecular formula is C15H17N3O3. The van der Waals surface area contributed by atoms with Crippen molar-refractivity contribution in [2.75, 3.05) is 18.8 Å². The monoisotopic (exact) mass is 287 g/mol. The summed E-state index contributed by atoms with van der Waals surface area (Å²) in [6.45, 7) is 0.987. The van der Waals surface area contributed by atoms with Crippen LogP contribution in [0.3, 0.4) is 0 Å². The van der Waals surface area contributed by atoms with Crippen molar-refractivity contribution in [1.82, 2.24) is 9.88 Å². The lowest BCUT2D eigenvalue weighted by atomic mass is 10.1. The number of hydrogen-bond acceptors (Lipinski definition) is 4. The van der Waals surface area contributed by atoms with Crippen LogP contribution in [0.1, 0.15) is 12.8 Å². The third-order valence-corrected chi connectivity index (χ3v) is 3.72. The van der Waals surface area contributed by atoms with Gasteiger partial charge in [0, 0.05) is 18.1 Å². The van der Waals surface area contributed by atoms with Crippen molar-refractivity contribution in [3.05, 3.63) is 30.5 Å². The number of ether oxygens (including phenoxy) is 1. The number of aromatic nitrogens is 1. The van der Waals surface area contributed by atoms with Gasteiger partial charge >= 0.3 is 6.09 Å². The first-order chi connectivity index (χ1) is 10.1. The Balaban J connectivity index is 1.77. The molecule has 1 fully saturated rings. The molecule has 1 atom stereocenters. The van der Waals surface area contributed by atoms with Crippen molar-refractivity contribution in [2.24, 2.45) is 0 Å². The summed E-state index contributed by atoms with van der Waals surface area (Å²) >= 11 is 0. The zero-order chi connectivity index (χ0) is 14.8. The van der Waals surface area contributed by atoms with E-state index in [4.69, 9.17) is 15.6 Å². The molecule has 0 aliphatic carbocycles. The van der Waals surface area contributed by atoms with Crippen LogP contribution in [0.4, 0.5) is 10.6 Å². The molecule has 2 aromatic rings. The van der Waals surface area contributed by atoms with Crippen LogP contribution in [0.25, 0.3) is 10.8 Å². The number of rotatable bonds is 2. The average Bonchev–Trinajstić information content (AvgIpc) is 2.47. The van der Waals surface area contributed by atoms with E-state index in [0.29, 0.717) is 18.9 Å². The van der Waals surface area contributed by atoms with E-state index >= 15 is 0 Å². The quantitative estimate of drug-likeness (QED) is 0.885. The van der Waals surface area contributed by atoms with Crippen molar-refractivity contribution in [2.45, 2.75) is 18.9 Å². The van der Waals surface area contributed by atoms with E-state index in [0.717, 1.165) is 29.4 Å². The number of fused-ring (bicyclic) bond motifs is 1. The Morgan fingerprint density at radius 2 is 2.29 bits per heavy atom. The third kappa shape index (κ3) is 2.84. The summed E-state index contributed by atoms with van der Waals surface area (Å²) < 4.78 is 5.92. The Bertz CT molecular complexity index is 674. The number of carbonyl (C=O) groups is 1. The van der Waals surface area contributed by atoms with Gasteiger partial charge in [0.2, 0.25) is 0 Å². The first-order valence-electron chi connectivity index (χ1n) is 6.92. The highest BCUT2D eigenvalue weighted by Crippen LogP contribution is 2.25. The number of piperidine rings is 1. The summed E-state index contributed by atoms with van der Waals surface area (Å²) in [6.07, 6.45) is 2.35. The van der Waals surface area contributed by atoms with Crippen molar-refractivity contribution in [3.8, 4) is 5.75 Å². The highest BCUT2D eigenvalue weighted by molar-refractivity contribution is 5.91. The molecule has 1 aromatic heterocycles. The van der Waals surface area contributed by atoms with Gasteiger partial charge in [0.25, 0.3) is 0 Å². The minimum atomic E-state index is -0.888. The van der Waals surface area contributed by atoms with Crippen molar-refractivity contribution >= 4 is 22.7 Å². The first-order valence-corrected chi connectivity index (χ1v) is 6.92. The summed E-state index contributed by atoms with van der Waals surface area (Å²) in [7, 11) is 0. The van der Waals surface area contributed by atoms with Gasteiger partial charge in [-0.3, -0.25) is 0 Å². The van der Waals surface area contributed by atoms with Gasteiger partial charge in [-0.2, -0.15) is 0 Å². The zero-order valence-corrected chi connectivity index (χ0v) is 11.5. The largest absolute Gasteiger partial charge is 0.489 e. The van der Waals surface area contributed by atoms with Crippen LogP contribution in [0, 0.1) is 0 Å². The zero-order valence-electron chi connectivity index (χ0n) is 11.5. The van der Waals surface area contributed by atoms with E-state index in [2.05, 4.69) is 4.98 Å². The molecule has 1 saturated heterocycles. The molecule has 1 amide bonds. The van der Waals surface area contributed by atoms with Gasteiger partial charge in [0.15, 0.2) is 0 Å². The number of anilines is 1. The van der Waals surface area contributed by atoms with Crippen LogP contribution in [0.2, 0.25) is 0 Å². The molecule has 1 aliphatic heterocycles. The van der Waals surface area contributed by atoms with Gasteiger partial charge in [0.05, 0.1) is 6.54 Å². The van der Waals surface area contributed by atoms with Gasteiger partial charge in [-0.25, -0.2) is 9.78 Å². The van der Waals surface area contributed by atoms with Gasteiger partial charge in [0.1, 0.15) is 17.7 Å². The van der Waals surface area contributed by atoms with Crippen LogP contribution in [0.5, 0.6) is 5.75 Å². The Morgan fingerprint density at radius 1 is 1.43 bits per heavy atom. The topological polar surface area (TPSA) is 88.7 Å². The van der Waals surface area contributed by atoms with Crippen LogP contribution < -0.4 is 10.5 Å². The van der Waals surface area contributed by atoms with E-state index in [1.165, 1.54) is 4.90 Å². The maximum atomic E-state index is 11.0. The molecule has 2 heterocycles. The minimum Gasteiger partial charge on any atom is -0.489 e. The van der Waals surface area contributed by atoms with Crippen LogP contribution in [-0.4, -0.2) is 40.3 Å². The lowest BCUT2D eigenvalue weighted by molar-refractivity contribution is 0.0792. The first kappa shape index (κ1) is 13.5. The predicted molar refractivity (Wildman–Crippen MR) is 79.4 cm³/mol. The number of pyridine rings is 1. The second kappa shape index (κ2) is 5.47. The van der Waals surface area contributed by atoms with Gasteiger partial charge in [-0.15, -0.1) is 0 Å². The number of hydrogen-bond donors (Lipinski definition) is 2. The smallest absolute Gasteiger partial charge is 0.407 e. The maximum Gasteiger partial charge on any atom is 0.407 e. The summed E-state index contributed by atoms with van der Waals surface area (Å²) in [4.78, 5) is 16.5. The number of likely N-dealkylation sites (tertiary alicyclic amines) is 1. The standard InChI is InChI=1S/C15H17N3O3/c16-14-13-4-3-11(8-10(13)5-6-17-14)21-12-2-1-7-18(9-12)15(19)20/h3-6,8,12H,1-2,7,9H2,(H2,16,17)(H,19,20)/t12-/m0/s1. The minimum absolute atomic E-state index is 0.105. The van der Waals surface area contributed by atoms with E-state index < -0.39 is 6.09 Å². The molecule has 0 spiro atoms. The van der Waals surface area contributed by atoms with Crippen LogP contribution in [-0.2, 0) is 0 Å². The number of nitrogens with two attached hydrogens (primary N) is 1. The number of carboxylic acid groups (broad SMARTS) is 1. The molecule has 0 saturated carbocycles. The maximum absolute atomic E-state index is 11.0. The fourth-order valence-electron chi connectivity index (χ4n) is 2.65. The molecule has 21 heavy (non-hydrogen) atoms. The van der Waals surface area contributed by atoms with E-state index in [9.17, 15) is 4.79 Å². The number of benzene rings is 1. The second-order valence-electron chi connectivity index (χ2n) is 5.19. The molecular weight excluding hydrogens is 270 g/mol. The van der Waals surface area contributed by atoms with E-state index in [1.807, 2.05) is 24.3 Å². The molecule has 1 aromatic carbocycles. The van der Waals surface area contributed by atoms with Gasteiger partial charge < -0.3 is 20.5 Å². The predicted octanol–water partition coefficient (Wildman–Crippen LogP) is 2.34. The normalized spacial score (nSPS) is 18.7. The average molecular weight is 287 g/mol. The highest BCUT2D eigenvalue weighted by atomic mass is 16.5. The molecule has 0 bridgehead atoms. The Hall–Kier alpha value is -2.50. The molecule has 1 aliphatic rings. The molecule has 0 radical (unpaired) electrons. The Kier molecular flexibility index (Phi) is 3.51.